The summed E-state index contributed by atoms with van der Waals surface area (Å²) in [5, 5.41) is 4.34. The molecule has 2 aromatic rings. The summed E-state index contributed by atoms with van der Waals surface area (Å²) in [6.45, 7) is 5.21. The number of aryl methyl sites for hydroxylation is 1. The van der Waals surface area contributed by atoms with Gasteiger partial charge in [-0.25, -0.2) is 0 Å². The second-order valence-corrected chi connectivity index (χ2v) is 7.38. The van der Waals surface area contributed by atoms with Gasteiger partial charge in [0.25, 0.3) is 0 Å². The molecule has 0 fully saturated rings. The van der Waals surface area contributed by atoms with Crippen LogP contribution >= 0.6 is 38.9 Å². The number of hydrogen-bond acceptors (Lipinski definition) is 2. The molecule has 0 aliphatic heterocycles. The maximum absolute atomic E-state index is 6.14. The van der Waals surface area contributed by atoms with Crippen molar-refractivity contribution in [3.8, 4) is 0 Å². The minimum atomic E-state index is 0.320. The zero-order chi connectivity index (χ0) is 13.8. The summed E-state index contributed by atoms with van der Waals surface area (Å²) in [4.78, 5) is 1.28. The Kier molecular flexibility index (Phi) is 5.46. The molecule has 1 N–H and O–H groups in total. The summed E-state index contributed by atoms with van der Waals surface area (Å²) in [6.07, 6.45) is 0.985. The van der Waals surface area contributed by atoms with Gasteiger partial charge in [-0.15, -0.1) is 11.3 Å². The van der Waals surface area contributed by atoms with Crippen LogP contribution < -0.4 is 5.32 Å². The van der Waals surface area contributed by atoms with Gasteiger partial charge in [-0.2, -0.15) is 0 Å². The van der Waals surface area contributed by atoms with Crippen LogP contribution in [0.25, 0.3) is 0 Å². The van der Waals surface area contributed by atoms with Crippen molar-refractivity contribution >= 4 is 38.9 Å². The Hall–Kier alpha value is -0.350. The summed E-state index contributed by atoms with van der Waals surface area (Å²) in [5.74, 6) is 0. The van der Waals surface area contributed by atoms with Crippen molar-refractivity contribution in [3.63, 3.8) is 0 Å². The first-order valence-electron chi connectivity index (χ1n) is 6.33. The Bertz CT molecular complexity index is 533. The van der Waals surface area contributed by atoms with Crippen LogP contribution in [0.5, 0.6) is 0 Å². The SMILES string of the molecule is CCNC(Cc1cccc(C)c1)c1cc(Cl)c(Br)s1. The lowest BCUT2D eigenvalue weighted by atomic mass is 10.0. The summed E-state index contributed by atoms with van der Waals surface area (Å²) in [7, 11) is 0. The molecule has 1 nitrogen and oxygen atoms in total. The quantitative estimate of drug-likeness (QED) is 0.758. The van der Waals surface area contributed by atoms with Crippen LogP contribution in [0.15, 0.2) is 34.1 Å². The summed E-state index contributed by atoms with van der Waals surface area (Å²) in [5.41, 5.74) is 2.66. The summed E-state index contributed by atoms with van der Waals surface area (Å²) in [6, 6.07) is 11.0. The predicted molar refractivity (Wildman–Crippen MR) is 88.3 cm³/mol. The van der Waals surface area contributed by atoms with Crippen molar-refractivity contribution in [2.45, 2.75) is 26.3 Å². The lowest BCUT2D eigenvalue weighted by Gasteiger charge is -2.16. The van der Waals surface area contributed by atoms with E-state index in [0.29, 0.717) is 6.04 Å². The molecule has 0 saturated carbocycles. The predicted octanol–water partition coefficient (Wildman–Crippen LogP) is 5.37. The lowest BCUT2D eigenvalue weighted by molar-refractivity contribution is 0.558. The van der Waals surface area contributed by atoms with Gasteiger partial charge in [-0.05, 0) is 47.4 Å². The smallest absolute Gasteiger partial charge is 0.0887 e. The van der Waals surface area contributed by atoms with Crippen LogP contribution in [0.3, 0.4) is 0 Å². The molecule has 19 heavy (non-hydrogen) atoms. The molecule has 102 valence electrons. The maximum atomic E-state index is 6.14. The third kappa shape index (κ3) is 4.06. The Labute approximate surface area is 132 Å². The highest BCUT2D eigenvalue weighted by Gasteiger charge is 2.15. The first kappa shape index (κ1) is 15.0. The van der Waals surface area contributed by atoms with Gasteiger partial charge in [0.15, 0.2) is 0 Å². The highest BCUT2D eigenvalue weighted by molar-refractivity contribution is 9.11. The van der Waals surface area contributed by atoms with Crippen LogP contribution in [0.2, 0.25) is 5.02 Å². The third-order valence-electron chi connectivity index (χ3n) is 2.98. The maximum Gasteiger partial charge on any atom is 0.0887 e. The molecule has 0 bridgehead atoms. The van der Waals surface area contributed by atoms with Crippen LogP contribution in [0, 0.1) is 6.92 Å². The zero-order valence-electron chi connectivity index (χ0n) is 11.0. The van der Waals surface area contributed by atoms with Crippen LogP contribution in [-0.2, 0) is 6.42 Å². The molecule has 0 aliphatic rings. The van der Waals surface area contributed by atoms with Gasteiger partial charge in [0.2, 0.25) is 0 Å². The summed E-state index contributed by atoms with van der Waals surface area (Å²) >= 11 is 11.3. The Morgan fingerprint density at radius 1 is 1.37 bits per heavy atom. The van der Waals surface area contributed by atoms with E-state index < -0.39 is 0 Å². The average Bonchev–Trinajstić information content (AvgIpc) is 2.69. The molecule has 0 amide bonds. The fourth-order valence-electron chi connectivity index (χ4n) is 2.13. The Morgan fingerprint density at radius 2 is 2.16 bits per heavy atom. The highest BCUT2D eigenvalue weighted by atomic mass is 79.9. The fraction of sp³-hybridized carbons (Fsp3) is 0.333. The molecule has 1 unspecified atom stereocenters. The minimum Gasteiger partial charge on any atom is -0.309 e. The molecule has 2 rings (SSSR count). The van der Waals surface area contributed by atoms with Gasteiger partial charge >= 0.3 is 0 Å². The molecule has 1 aromatic heterocycles. The normalized spacial score (nSPS) is 12.6. The van der Waals surface area contributed by atoms with Gasteiger partial charge in [0, 0.05) is 10.9 Å². The number of nitrogens with one attached hydrogen (secondary N) is 1. The molecule has 0 spiro atoms. The van der Waals surface area contributed by atoms with Crippen molar-refractivity contribution in [1.29, 1.82) is 0 Å². The van der Waals surface area contributed by atoms with Gasteiger partial charge in [0.1, 0.15) is 0 Å². The van der Waals surface area contributed by atoms with E-state index in [-0.39, 0.29) is 0 Å². The largest absolute Gasteiger partial charge is 0.309 e. The van der Waals surface area contributed by atoms with E-state index in [1.807, 2.05) is 0 Å². The molecule has 1 atom stereocenters. The summed E-state index contributed by atoms with van der Waals surface area (Å²) < 4.78 is 1.01. The number of rotatable bonds is 5. The van der Waals surface area contributed by atoms with Gasteiger partial charge < -0.3 is 5.32 Å². The van der Waals surface area contributed by atoms with Crippen molar-refractivity contribution in [2.75, 3.05) is 6.54 Å². The molecule has 0 aliphatic carbocycles. The zero-order valence-corrected chi connectivity index (χ0v) is 14.2. The van der Waals surface area contributed by atoms with E-state index in [1.165, 1.54) is 16.0 Å². The molecule has 0 radical (unpaired) electrons. The first-order valence-corrected chi connectivity index (χ1v) is 8.32. The van der Waals surface area contributed by atoms with Gasteiger partial charge in [-0.1, -0.05) is 48.4 Å². The number of thiophene rings is 1. The van der Waals surface area contributed by atoms with Gasteiger partial charge in [0.05, 0.1) is 8.81 Å². The molecule has 4 heteroatoms. The molecule has 0 saturated heterocycles. The first-order chi connectivity index (χ1) is 9.10. The van der Waals surface area contributed by atoms with Crippen molar-refractivity contribution in [3.05, 3.63) is 55.1 Å². The second-order valence-electron chi connectivity index (χ2n) is 4.57. The second kappa shape index (κ2) is 6.89. The number of hydrogen-bond donors (Lipinski definition) is 1. The highest BCUT2D eigenvalue weighted by Crippen LogP contribution is 2.36. The standard InChI is InChI=1S/C15H17BrClNS/c1-3-18-13(14-9-12(17)15(16)19-14)8-11-6-4-5-10(2)7-11/h4-7,9,13,18H,3,8H2,1-2H3. The van der Waals surface area contributed by atoms with Crippen molar-refractivity contribution in [1.82, 2.24) is 5.32 Å². The van der Waals surface area contributed by atoms with Crippen LogP contribution in [-0.4, -0.2) is 6.54 Å². The Morgan fingerprint density at radius 3 is 2.74 bits per heavy atom. The van der Waals surface area contributed by atoms with Crippen molar-refractivity contribution in [2.24, 2.45) is 0 Å². The third-order valence-corrected chi connectivity index (χ3v) is 5.57. The molecular formula is C15H17BrClNS. The molecule has 1 aromatic carbocycles. The molecule has 1 heterocycles. The lowest BCUT2D eigenvalue weighted by Crippen LogP contribution is -2.22. The van der Waals surface area contributed by atoms with E-state index >= 15 is 0 Å². The monoisotopic (exact) mass is 357 g/mol. The Balaban J connectivity index is 2.20. The van der Waals surface area contributed by atoms with E-state index in [2.05, 4.69) is 65.4 Å². The van der Waals surface area contributed by atoms with Crippen molar-refractivity contribution < 1.29 is 0 Å². The van der Waals surface area contributed by atoms with Crippen LogP contribution in [0.1, 0.15) is 29.0 Å². The number of benzene rings is 1. The van der Waals surface area contributed by atoms with Crippen LogP contribution in [0.4, 0.5) is 0 Å². The van der Waals surface area contributed by atoms with Gasteiger partial charge in [-0.3, -0.25) is 0 Å². The van der Waals surface area contributed by atoms with E-state index in [9.17, 15) is 0 Å². The van der Waals surface area contributed by atoms with E-state index in [4.69, 9.17) is 11.6 Å². The topological polar surface area (TPSA) is 12.0 Å². The fourth-order valence-corrected chi connectivity index (χ4v) is 3.95. The average molecular weight is 359 g/mol. The van der Waals surface area contributed by atoms with E-state index in [0.717, 1.165) is 21.8 Å². The molecular weight excluding hydrogens is 342 g/mol. The number of halogens is 2. The number of likely N-dealkylation sites (N-methyl/N-ethyl adjacent to an activating group) is 1. The minimum absolute atomic E-state index is 0.320. The van der Waals surface area contributed by atoms with E-state index in [1.54, 1.807) is 11.3 Å².